The predicted molar refractivity (Wildman–Crippen MR) is 84.3 cm³/mol. The zero-order valence-electron chi connectivity index (χ0n) is 12.6. The fourth-order valence-electron chi connectivity index (χ4n) is 2.78. The molecular weight excluding hydrogens is 240 g/mol. The first-order chi connectivity index (χ1) is 8.66. The Morgan fingerprint density at radius 3 is 2.67 bits per heavy atom. The van der Waals surface area contributed by atoms with Crippen molar-refractivity contribution in [3.05, 3.63) is 0 Å². The molecule has 1 saturated heterocycles. The molecule has 0 saturated carbocycles. The minimum Gasteiger partial charge on any atom is -0.329 e. The van der Waals surface area contributed by atoms with E-state index in [1.165, 1.54) is 57.4 Å². The Balaban J connectivity index is 2.45. The Morgan fingerprint density at radius 2 is 2.06 bits per heavy atom. The molecule has 2 N–H and O–H groups in total. The van der Waals surface area contributed by atoms with Crippen molar-refractivity contribution in [1.82, 2.24) is 4.90 Å². The van der Waals surface area contributed by atoms with Crippen LogP contribution in [-0.4, -0.2) is 41.1 Å². The van der Waals surface area contributed by atoms with E-state index in [0.29, 0.717) is 0 Å². The average Bonchev–Trinajstić information content (AvgIpc) is 2.43. The maximum Gasteiger partial charge on any atom is 0.0304 e. The molecule has 0 aromatic rings. The molecule has 2 unspecified atom stereocenters. The number of hydrogen-bond donors (Lipinski definition) is 1. The number of nitrogens with two attached hydrogens (primary N) is 1. The van der Waals surface area contributed by atoms with Gasteiger partial charge in [0.25, 0.3) is 0 Å². The Labute approximate surface area is 118 Å². The van der Waals surface area contributed by atoms with Crippen LogP contribution in [0.1, 0.15) is 59.3 Å². The number of unbranched alkanes of at least 4 members (excludes halogenated alkanes) is 3. The lowest BCUT2D eigenvalue weighted by molar-refractivity contribution is 0.102. The van der Waals surface area contributed by atoms with Gasteiger partial charge in [-0.15, -0.1) is 0 Å². The van der Waals surface area contributed by atoms with Crippen LogP contribution in [0, 0.1) is 0 Å². The van der Waals surface area contributed by atoms with Gasteiger partial charge in [0.1, 0.15) is 0 Å². The summed E-state index contributed by atoms with van der Waals surface area (Å²) >= 11 is 2.14. The van der Waals surface area contributed by atoms with Gasteiger partial charge in [-0.3, -0.25) is 4.90 Å². The monoisotopic (exact) mass is 272 g/mol. The fraction of sp³-hybridized carbons (Fsp3) is 1.00. The fourth-order valence-corrected chi connectivity index (χ4v) is 3.96. The Kier molecular flexibility index (Phi) is 7.66. The Bertz CT molecular complexity index is 223. The van der Waals surface area contributed by atoms with Crippen LogP contribution >= 0.6 is 11.8 Å². The highest BCUT2D eigenvalue weighted by Crippen LogP contribution is 2.29. The van der Waals surface area contributed by atoms with Crippen LogP contribution in [0.4, 0.5) is 0 Å². The molecule has 1 rings (SSSR count). The third kappa shape index (κ3) is 4.75. The van der Waals surface area contributed by atoms with E-state index < -0.39 is 0 Å². The van der Waals surface area contributed by atoms with Crippen molar-refractivity contribution in [2.45, 2.75) is 70.1 Å². The molecule has 0 aromatic carbocycles. The van der Waals surface area contributed by atoms with Crippen LogP contribution in [0.3, 0.4) is 0 Å². The highest BCUT2D eigenvalue weighted by molar-refractivity contribution is 8.00. The lowest BCUT2D eigenvalue weighted by atomic mass is 9.91. The summed E-state index contributed by atoms with van der Waals surface area (Å²) in [6.07, 6.45) is 7.95. The third-order valence-corrected chi connectivity index (χ3v) is 5.74. The first-order valence-electron chi connectivity index (χ1n) is 7.73. The number of rotatable bonds is 8. The first-order valence-corrected chi connectivity index (χ1v) is 8.78. The van der Waals surface area contributed by atoms with Gasteiger partial charge in [0.15, 0.2) is 0 Å². The van der Waals surface area contributed by atoms with E-state index in [4.69, 9.17) is 5.73 Å². The minimum atomic E-state index is 0.238. The van der Waals surface area contributed by atoms with Crippen LogP contribution in [0.5, 0.6) is 0 Å². The second kappa shape index (κ2) is 8.44. The molecule has 0 aliphatic carbocycles. The van der Waals surface area contributed by atoms with Gasteiger partial charge in [-0.25, -0.2) is 0 Å². The van der Waals surface area contributed by atoms with Crippen molar-refractivity contribution in [3.63, 3.8) is 0 Å². The minimum absolute atomic E-state index is 0.238. The van der Waals surface area contributed by atoms with Crippen molar-refractivity contribution in [3.8, 4) is 0 Å². The predicted octanol–water partition coefficient (Wildman–Crippen LogP) is 3.50. The van der Waals surface area contributed by atoms with E-state index in [0.717, 1.165) is 11.8 Å². The summed E-state index contributed by atoms with van der Waals surface area (Å²) in [4.78, 5) is 2.67. The highest BCUT2D eigenvalue weighted by Gasteiger charge is 2.33. The number of hydrogen-bond acceptors (Lipinski definition) is 3. The maximum absolute atomic E-state index is 6.09. The molecule has 18 heavy (non-hydrogen) atoms. The van der Waals surface area contributed by atoms with Gasteiger partial charge in [-0.1, -0.05) is 39.5 Å². The van der Waals surface area contributed by atoms with Crippen molar-refractivity contribution in [2.75, 3.05) is 25.4 Å². The molecule has 0 bridgehead atoms. The van der Waals surface area contributed by atoms with E-state index in [9.17, 15) is 0 Å². The molecule has 3 heteroatoms. The molecule has 2 nitrogen and oxygen atoms in total. The van der Waals surface area contributed by atoms with Crippen molar-refractivity contribution >= 4 is 11.8 Å². The van der Waals surface area contributed by atoms with Crippen LogP contribution in [0.15, 0.2) is 0 Å². The molecule has 0 aromatic heterocycles. The summed E-state index contributed by atoms with van der Waals surface area (Å²) in [5.74, 6) is 1.28. The van der Waals surface area contributed by atoms with E-state index >= 15 is 0 Å². The lowest BCUT2D eigenvalue weighted by Gasteiger charge is -2.45. The molecular formula is C15H32N2S. The van der Waals surface area contributed by atoms with E-state index in [1.807, 2.05) is 0 Å². The summed E-state index contributed by atoms with van der Waals surface area (Å²) < 4.78 is 0. The SMILES string of the molecule is CCCCCCC(C)(CN)N1CCSC(CC)C1. The van der Waals surface area contributed by atoms with Gasteiger partial charge in [0.05, 0.1) is 0 Å². The van der Waals surface area contributed by atoms with Crippen molar-refractivity contribution in [1.29, 1.82) is 0 Å². The molecule has 0 radical (unpaired) electrons. The summed E-state index contributed by atoms with van der Waals surface area (Å²) in [6.45, 7) is 10.2. The van der Waals surface area contributed by atoms with Crippen LogP contribution in [0.25, 0.3) is 0 Å². The Morgan fingerprint density at radius 1 is 1.28 bits per heavy atom. The van der Waals surface area contributed by atoms with Gasteiger partial charge in [-0.05, 0) is 19.8 Å². The van der Waals surface area contributed by atoms with E-state index in [1.54, 1.807) is 0 Å². The van der Waals surface area contributed by atoms with E-state index in [-0.39, 0.29) is 5.54 Å². The second-order valence-electron chi connectivity index (χ2n) is 5.86. The molecule has 1 fully saturated rings. The molecule has 1 heterocycles. The van der Waals surface area contributed by atoms with Gasteiger partial charge < -0.3 is 5.73 Å². The zero-order chi connectivity index (χ0) is 13.4. The van der Waals surface area contributed by atoms with Gasteiger partial charge in [0.2, 0.25) is 0 Å². The third-order valence-electron chi connectivity index (χ3n) is 4.37. The zero-order valence-corrected chi connectivity index (χ0v) is 13.4. The number of thioether (sulfide) groups is 1. The van der Waals surface area contributed by atoms with Gasteiger partial charge >= 0.3 is 0 Å². The van der Waals surface area contributed by atoms with Crippen LogP contribution < -0.4 is 5.73 Å². The number of nitrogens with zero attached hydrogens (tertiary/aromatic N) is 1. The molecule has 108 valence electrons. The van der Waals surface area contributed by atoms with Crippen LogP contribution in [-0.2, 0) is 0 Å². The normalized spacial score (nSPS) is 25.0. The second-order valence-corrected chi connectivity index (χ2v) is 7.27. The molecule has 1 aliphatic heterocycles. The summed E-state index contributed by atoms with van der Waals surface area (Å²) in [5.41, 5.74) is 6.33. The molecule has 0 amide bonds. The molecule has 2 atom stereocenters. The molecule has 0 spiro atoms. The highest BCUT2D eigenvalue weighted by atomic mass is 32.2. The summed E-state index contributed by atoms with van der Waals surface area (Å²) in [6, 6.07) is 0. The van der Waals surface area contributed by atoms with Crippen molar-refractivity contribution in [2.24, 2.45) is 5.73 Å². The first kappa shape index (κ1) is 16.3. The smallest absolute Gasteiger partial charge is 0.0304 e. The van der Waals surface area contributed by atoms with Crippen molar-refractivity contribution < 1.29 is 0 Å². The van der Waals surface area contributed by atoms with E-state index in [2.05, 4.69) is 37.4 Å². The average molecular weight is 273 g/mol. The Hall–Kier alpha value is 0.270. The standard InChI is InChI=1S/C15H32N2S/c1-4-6-7-8-9-15(3,13-16)17-10-11-18-14(5-2)12-17/h14H,4-13,16H2,1-3H3. The topological polar surface area (TPSA) is 29.3 Å². The summed E-state index contributed by atoms with van der Waals surface area (Å²) in [7, 11) is 0. The van der Waals surface area contributed by atoms with Gasteiger partial charge in [0, 0.05) is 36.2 Å². The van der Waals surface area contributed by atoms with Crippen LogP contribution in [0.2, 0.25) is 0 Å². The lowest BCUT2D eigenvalue weighted by Crippen LogP contribution is -2.56. The summed E-state index contributed by atoms with van der Waals surface area (Å²) in [5, 5.41) is 0.820. The molecule has 1 aliphatic rings. The largest absolute Gasteiger partial charge is 0.329 e. The maximum atomic E-state index is 6.09. The van der Waals surface area contributed by atoms with Gasteiger partial charge in [-0.2, -0.15) is 11.8 Å². The quantitative estimate of drug-likeness (QED) is 0.686.